The maximum absolute atomic E-state index is 11.9. The minimum Gasteiger partial charge on any atom is -0.481 e. The Morgan fingerprint density at radius 2 is 1.74 bits per heavy atom. The summed E-state index contributed by atoms with van der Waals surface area (Å²) in [6, 6.07) is 17.5. The van der Waals surface area contributed by atoms with Gasteiger partial charge in [-0.15, -0.1) is 0 Å². The number of hydrogen-bond acceptors (Lipinski definition) is 3. The highest BCUT2D eigenvalue weighted by Crippen LogP contribution is 2.25. The molecule has 0 radical (unpaired) electrons. The average Bonchev–Trinajstić information content (AvgIpc) is 3.10. The van der Waals surface area contributed by atoms with Crippen LogP contribution in [0.25, 0.3) is 16.9 Å². The summed E-state index contributed by atoms with van der Waals surface area (Å²) in [6.07, 6.45) is 1.65. The van der Waals surface area contributed by atoms with Crippen LogP contribution in [0.4, 0.5) is 0 Å². The van der Waals surface area contributed by atoms with Crippen LogP contribution in [0.3, 0.4) is 0 Å². The first-order chi connectivity index (χ1) is 13.0. The zero-order valence-corrected chi connectivity index (χ0v) is 16.0. The molecule has 0 spiro atoms. The van der Waals surface area contributed by atoms with Crippen molar-refractivity contribution in [3.63, 3.8) is 0 Å². The van der Waals surface area contributed by atoms with Gasteiger partial charge in [0.1, 0.15) is 0 Å². The molecule has 0 saturated heterocycles. The lowest BCUT2D eigenvalue weighted by atomic mass is 10.1. The first-order valence-corrected chi connectivity index (χ1v) is 9.20. The third-order valence-electron chi connectivity index (χ3n) is 3.97. The molecule has 2 N–H and O–H groups in total. The molecule has 1 amide bonds. The second-order valence-electron chi connectivity index (χ2n) is 5.96. The van der Waals surface area contributed by atoms with E-state index >= 15 is 0 Å². The Balaban J connectivity index is 1.86. The van der Waals surface area contributed by atoms with Gasteiger partial charge in [-0.05, 0) is 24.3 Å². The van der Waals surface area contributed by atoms with Crippen LogP contribution < -0.4 is 5.32 Å². The number of nitrogens with zero attached hydrogens (tertiary/aromatic N) is 2. The number of halogens is 1. The van der Waals surface area contributed by atoms with Crippen LogP contribution in [0.15, 0.2) is 65.3 Å². The van der Waals surface area contributed by atoms with Crippen molar-refractivity contribution < 1.29 is 14.7 Å². The first kappa shape index (κ1) is 18.8. The zero-order valence-electron chi connectivity index (χ0n) is 14.4. The summed E-state index contributed by atoms with van der Waals surface area (Å²) in [5.74, 6) is -1.29. The summed E-state index contributed by atoms with van der Waals surface area (Å²) < 4.78 is 2.74. The summed E-state index contributed by atoms with van der Waals surface area (Å²) >= 11 is 3.43. The van der Waals surface area contributed by atoms with E-state index in [1.54, 1.807) is 4.68 Å². The molecule has 0 atom stereocenters. The average molecular weight is 428 g/mol. The Bertz CT molecular complexity index is 937. The standard InChI is InChI=1S/C20H18BrN3O3/c21-16-8-6-14(7-9-16)20-15(12-22-18(25)10-11-19(26)27)13-24(23-20)17-4-2-1-3-5-17/h1-9,13H,10-12H2,(H,22,25)(H,26,27). The molecule has 27 heavy (non-hydrogen) atoms. The molecule has 0 bridgehead atoms. The summed E-state index contributed by atoms with van der Waals surface area (Å²) in [5.41, 5.74) is 3.47. The van der Waals surface area contributed by atoms with E-state index in [1.807, 2.05) is 60.8 Å². The number of carboxylic acids is 1. The molecule has 3 aromatic rings. The van der Waals surface area contributed by atoms with Crippen LogP contribution in [0, 0.1) is 0 Å². The number of carbonyl (C=O) groups is 2. The Morgan fingerprint density at radius 1 is 1.04 bits per heavy atom. The fourth-order valence-electron chi connectivity index (χ4n) is 2.61. The highest BCUT2D eigenvalue weighted by molar-refractivity contribution is 9.10. The lowest BCUT2D eigenvalue weighted by Gasteiger charge is -2.05. The van der Waals surface area contributed by atoms with Crippen molar-refractivity contribution in [3.05, 3.63) is 70.8 Å². The molecule has 2 aromatic carbocycles. The second-order valence-corrected chi connectivity index (χ2v) is 6.88. The molecule has 3 rings (SSSR count). The Hall–Kier alpha value is -2.93. The number of amides is 1. The lowest BCUT2D eigenvalue weighted by Crippen LogP contribution is -2.23. The van der Waals surface area contributed by atoms with Crippen molar-refractivity contribution in [1.82, 2.24) is 15.1 Å². The topological polar surface area (TPSA) is 84.2 Å². The maximum atomic E-state index is 11.9. The van der Waals surface area contributed by atoms with E-state index in [9.17, 15) is 9.59 Å². The molecule has 7 heteroatoms. The maximum Gasteiger partial charge on any atom is 0.303 e. The highest BCUT2D eigenvalue weighted by Gasteiger charge is 2.14. The van der Waals surface area contributed by atoms with Crippen LogP contribution in [-0.2, 0) is 16.1 Å². The van der Waals surface area contributed by atoms with E-state index in [0.29, 0.717) is 0 Å². The SMILES string of the molecule is O=C(O)CCC(=O)NCc1cn(-c2ccccc2)nc1-c1ccc(Br)cc1. The zero-order chi connectivity index (χ0) is 19.2. The van der Waals surface area contributed by atoms with Gasteiger partial charge in [0, 0.05) is 34.8 Å². The van der Waals surface area contributed by atoms with Gasteiger partial charge in [-0.3, -0.25) is 9.59 Å². The van der Waals surface area contributed by atoms with Gasteiger partial charge >= 0.3 is 5.97 Å². The van der Waals surface area contributed by atoms with E-state index in [1.165, 1.54) is 0 Å². The van der Waals surface area contributed by atoms with Crippen molar-refractivity contribution in [2.45, 2.75) is 19.4 Å². The molecule has 0 unspecified atom stereocenters. The third-order valence-corrected chi connectivity index (χ3v) is 4.50. The van der Waals surface area contributed by atoms with Crippen LogP contribution in [0.5, 0.6) is 0 Å². The Labute approximate surface area is 165 Å². The van der Waals surface area contributed by atoms with E-state index in [2.05, 4.69) is 26.3 Å². The second kappa shape index (κ2) is 8.64. The van der Waals surface area contributed by atoms with Gasteiger partial charge in [-0.25, -0.2) is 4.68 Å². The van der Waals surface area contributed by atoms with Crippen LogP contribution >= 0.6 is 15.9 Å². The number of carbonyl (C=O) groups excluding carboxylic acids is 1. The summed E-state index contributed by atoms with van der Waals surface area (Å²) in [6.45, 7) is 0.274. The third kappa shape index (κ3) is 5.04. The van der Waals surface area contributed by atoms with E-state index in [4.69, 9.17) is 5.11 Å². The summed E-state index contributed by atoms with van der Waals surface area (Å²) in [5, 5.41) is 16.2. The van der Waals surface area contributed by atoms with Gasteiger partial charge in [0.2, 0.25) is 5.91 Å². The Morgan fingerprint density at radius 3 is 2.41 bits per heavy atom. The quantitative estimate of drug-likeness (QED) is 0.600. The molecule has 0 aliphatic heterocycles. The van der Waals surface area contributed by atoms with Crippen LogP contribution in [-0.4, -0.2) is 26.8 Å². The van der Waals surface area contributed by atoms with Crippen molar-refractivity contribution in [2.75, 3.05) is 0 Å². The van der Waals surface area contributed by atoms with Crippen molar-refractivity contribution >= 4 is 27.8 Å². The van der Waals surface area contributed by atoms with Crippen molar-refractivity contribution in [1.29, 1.82) is 0 Å². The molecule has 1 aromatic heterocycles. The van der Waals surface area contributed by atoms with Crippen molar-refractivity contribution in [3.8, 4) is 16.9 Å². The van der Waals surface area contributed by atoms with Gasteiger partial charge in [0.25, 0.3) is 0 Å². The number of hydrogen-bond donors (Lipinski definition) is 2. The predicted molar refractivity (Wildman–Crippen MR) is 105 cm³/mol. The van der Waals surface area contributed by atoms with Crippen molar-refractivity contribution in [2.24, 2.45) is 0 Å². The van der Waals surface area contributed by atoms with E-state index in [0.717, 1.165) is 27.0 Å². The minimum atomic E-state index is -0.988. The molecule has 1 heterocycles. The van der Waals surface area contributed by atoms with Gasteiger partial charge < -0.3 is 10.4 Å². The molecule has 0 saturated carbocycles. The molecule has 138 valence electrons. The number of benzene rings is 2. The normalized spacial score (nSPS) is 10.6. The Kier molecular flexibility index (Phi) is 6.03. The number of carboxylic acid groups (broad SMARTS) is 1. The van der Waals surface area contributed by atoms with E-state index < -0.39 is 5.97 Å². The number of rotatable bonds is 7. The van der Waals surface area contributed by atoms with Gasteiger partial charge in [-0.2, -0.15) is 5.10 Å². The fourth-order valence-corrected chi connectivity index (χ4v) is 2.87. The fraction of sp³-hybridized carbons (Fsp3) is 0.150. The van der Waals surface area contributed by atoms with Crippen LogP contribution in [0.2, 0.25) is 0 Å². The number of aromatic nitrogens is 2. The van der Waals surface area contributed by atoms with Crippen LogP contribution in [0.1, 0.15) is 18.4 Å². The summed E-state index contributed by atoms with van der Waals surface area (Å²) in [4.78, 5) is 22.5. The number of aliphatic carboxylic acids is 1. The molecule has 0 aliphatic rings. The lowest BCUT2D eigenvalue weighted by molar-refractivity contribution is -0.138. The molecular weight excluding hydrogens is 410 g/mol. The largest absolute Gasteiger partial charge is 0.481 e. The minimum absolute atomic E-state index is 0.0459. The molecule has 0 fully saturated rings. The van der Waals surface area contributed by atoms with E-state index in [-0.39, 0.29) is 25.3 Å². The highest BCUT2D eigenvalue weighted by atomic mass is 79.9. The first-order valence-electron chi connectivity index (χ1n) is 8.41. The molecule has 6 nitrogen and oxygen atoms in total. The molecular formula is C20H18BrN3O3. The number of para-hydroxylation sites is 1. The van der Waals surface area contributed by atoms with Gasteiger partial charge in [0.15, 0.2) is 0 Å². The smallest absolute Gasteiger partial charge is 0.303 e. The summed E-state index contributed by atoms with van der Waals surface area (Å²) in [7, 11) is 0. The van der Waals surface area contributed by atoms with Gasteiger partial charge in [0.05, 0.1) is 17.8 Å². The monoisotopic (exact) mass is 427 g/mol. The van der Waals surface area contributed by atoms with Gasteiger partial charge in [-0.1, -0.05) is 46.3 Å². The molecule has 0 aliphatic carbocycles. The number of nitrogens with one attached hydrogen (secondary N) is 1. The predicted octanol–water partition coefficient (Wildman–Crippen LogP) is 3.78.